The number of nitro benzene ring substituents is 1. The number of carbonyl (C=O) groups excluding carboxylic acids is 2. The average Bonchev–Trinajstić information content (AvgIpc) is 3.02. The molecule has 2 aromatic carbocycles. The number of nitrogens with zero attached hydrogens (tertiary/aromatic N) is 1. The molecular weight excluding hydrogens is 574 g/mol. The van der Waals surface area contributed by atoms with Gasteiger partial charge in [-0.05, 0) is 63.6 Å². The van der Waals surface area contributed by atoms with Gasteiger partial charge >= 0.3 is 11.9 Å². The van der Waals surface area contributed by atoms with Crippen molar-refractivity contribution in [1.29, 1.82) is 0 Å². The molecule has 0 saturated heterocycles. The summed E-state index contributed by atoms with van der Waals surface area (Å²) in [5.74, 6) is -0.802. The van der Waals surface area contributed by atoms with Gasteiger partial charge in [-0.2, -0.15) is 0 Å². The van der Waals surface area contributed by atoms with Gasteiger partial charge < -0.3 is 39.4 Å². The lowest BCUT2D eigenvalue weighted by molar-refractivity contribution is -0.384. The largest absolute Gasteiger partial charge is 0.497 e. The summed E-state index contributed by atoms with van der Waals surface area (Å²) >= 11 is 0. The summed E-state index contributed by atoms with van der Waals surface area (Å²) < 4.78 is 26.8. The van der Waals surface area contributed by atoms with Crippen LogP contribution in [0.4, 0.5) is 5.69 Å². The smallest absolute Gasteiger partial charge is 0.336 e. The summed E-state index contributed by atoms with van der Waals surface area (Å²) in [6.07, 6.45) is 0.619. The van der Waals surface area contributed by atoms with Crippen molar-refractivity contribution >= 4 is 17.6 Å². The molecule has 0 radical (unpaired) electrons. The lowest BCUT2D eigenvalue weighted by Gasteiger charge is -2.30. The number of carbonyl (C=O) groups is 2. The van der Waals surface area contributed by atoms with E-state index in [-0.39, 0.29) is 41.4 Å². The minimum atomic E-state index is -1.03. The van der Waals surface area contributed by atoms with Crippen molar-refractivity contribution in [3.05, 3.63) is 80.7 Å². The van der Waals surface area contributed by atoms with Crippen LogP contribution < -0.4 is 24.8 Å². The number of hydrogen-bond donors (Lipinski definition) is 3. The number of aliphatic hydroxyl groups excluding tert-OH is 1. The maximum atomic E-state index is 12.9. The van der Waals surface area contributed by atoms with Crippen LogP contribution in [0.1, 0.15) is 38.2 Å². The van der Waals surface area contributed by atoms with Crippen LogP contribution in [-0.2, 0) is 19.1 Å². The predicted octanol–water partition coefficient (Wildman–Crippen LogP) is 3.37. The van der Waals surface area contributed by atoms with Gasteiger partial charge in [0.1, 0.15) is 30.0 Å². The molecule has 44 heavy (non-hydrogen) atoms. The third-order valence-electron chi connectivity index (χ3n) is 6.97. The number of nitro groups is 1. The molecule has 0 bridgehead atoms. The quantitative estimate of drug-likeness (QED) is 0.109. The van der Waals surface area contributed by atoms with Gasteiger partial charge in [0, 0.05) is 35.6 Å². The highest BCUT2D eigenvalue weighted by Crippen LogP contribution is 2.44. The van der Waals surface area contributed by atoms with E-state index in [1.54, 1.807) is 45.2 Å². The van der Waals surface area contributed by atoms with Gasteiger partial charge in [-0.15, -0.1) is 0 Å². The maximum absolute atomic E-state index is 12.9. The van der Waals surface area contributed by atoms with E-state index >= 15 is 0 Å². The van der Waals surface area contributed by atoms with E-state index in [0.717, 1.165) is 5.75 Å². The van der Waals surface area contributed by atoms with Gasteiger partial charge in [-0.25, -0.2) is 9.59 Å². The summed E-state index contributed by atoms with van der Waals surface area (Å²) in [7, 11) is 4.02. The molecule has 0 spiro atoms. The summed E-state index contributed by atoms with van der Waals surface area (Å²) in [5.41, 5.74) is 1.14. The molecule has 13 nitrogen and oxygen atoms in total. The van der Waals surface area contributed by atoms with Crippen molar-refractivity contribution in [3.8, 4) is 17.2 Å². The molecule has 2 aromatic rings. The Bertz CT molecular complexity index is 1350. The minimum Gasteiger partial charge on any atom is -0.497 e. The second-order valence-electron chi connectivity index (χ2n) is 10.00. The van der Waals surface area contributed by atoms with E-state index in [1.165, 1.54) is 32.4 Å². The molecule has 1 aliphatic heterocycles. The number of aliphatic hydroxyl groups is 1. The van der Waals surface area contributed by atoms with Gasteiger partial charge in [-0.3, -0.25) is 10.1 Å². The van der Waals surface area contributed by atoms with Gasteiger partial charge in [0.15, 0.2) is 0 Å². The fourth-order valence-corrected chi connectivity index (χ4v) is 4.80. The zero-order chi connectivity index (χ0) is 32.2. The molecule has 0 aliphatic carbocycles. The van der Waals surface area contributed by atoms with E-state index in [9.17, 15) is 24.8 Å². The molecule has 0 amide bonds. The van der Waals surface area contributed by atoms with E-state index < -0.39 is 28.9 Å². The first-order valence-electron chi connectivity index (χ1n) is 14.0. The van der Waals surface area contributed by atoms with Crippen molar-refractivity contribution < 1.29 is 43.3 Å². The third-order valence-corrected chi connectivity index (χ3v) is 6.97. The molecule has 3 rings (SSSR count). The van der Waals surface area contributed by atoms with Crippen molar-refractivity contribution in [2.24, 2.45) is 0 Å². The number of nitrogens with one attached hydrogen (secondary N) is 2. The zero-order valence-corrected chi connectivity index (χ0v) is 25.5. The summed E-state index contributed by atoms with van der Waals surface area (Å²) in [4.78, 5) is 36.9. The Morgan fingerprint density at radius 3 is 2.14 bits per heavy atom. The highest BCUT2D eigenvalue weighted by Gasteiger charge is 2.39. The van der Waals surface area contributed by atoms with E-state index in [1.807, 2.05) is 0 Å². The molecular formula is C31H39N3O10. The molecule has 1 unspecified atom stereocenters. The van der Waals surface area contributed by atoms with Crippen LogP contribution in [0.2, 0.25) is 0 Å². The van der Waals surface area contributed by atoms with Crippen LogP contribution in [-0.4, -0.2) is 75.7 Å². The predicted molar refractivity (Wildman–Crippen MR) is 160 cm³/mol. The molecule has 238 valence electrons. The number of esters is 2. The third kappa shape index (κ3) is 8.71. The summed E-state index contributed by atoms with van der Waals surface area (Å²) in [6, 6.07) is 11.2. The van der Waals surface area contributed by atoms with Gasteiger partial charge in [0.25, 0.3) is 5.69 Å². The van der Waals surface area contributed by atoms with E-state index in [2.05, 4.69) is 10.6 Å². The first-order valence-corrected chi connectivity index (χ1v) is 14.0. The Morgan fingerprint density at radius 2 is 1.57 bits per heavy atom. The number of non-ortho nitro benzene ring substituents is 1. The molecule has 0 fully saturated rings. The minimum absolute atomic E-state index is 0.113. The van der Waals surface area contributed by atoms with Crippen LogP contribution in [0, 0.1) is 10.1 Å². The zero-order valence-electron chi connectivity index (χ0n) is 25.5. The Kier molecular flexibility index (Phi) is 12.5. The maximum Gasteiger partial charge on any atom is 0.336 e. The number of benzene rings is 2. The monoisotopic (exact) mass is 613 g/mol. The number of rotatable bonds is 16. The molecule has 3 N–H and O–H groups in total. The lowest BCUT2D eigenvalue weighted by Crippen LogP contribution is -2.32. The van der Waals surface area contributed by atoms with Crippen molar-refractivity contribution in [2.75, 3.05) is 47.6 Å². The fourth-order valence-electron chi connectivity index (χ4n) is 4.80. The Hall–Kier alpha value is -4.62. The first kappa shape index (κ1) is 33.9. The van der Waals surface area contributed by atoms with Crippen LogP contribution in [0.5, 0.6) is 17.2 Å². The number of unbranched alkanes of at least 4 members (excludes halogenated alkanes) is 1. The molecule has 13 heteroatoms. The molecule has 1 aliphatic rings. The van der Waals surface area contributed by atoms with Crippen molar-refractivity contribution in [3.63, 3.8) is 0 Å². The average molecular weight is 614 g/mol. The van der Waals surface area contributed by atoms with Crippen LogP contribution in [0.3, 0.4) is 0 Å². The first-order chi connectivity index (χ1) is 21.1. The number of hydrogen-bond acceptors (Lipinski definition) is 12. The normalized spacial score (nSPS) is 14.0. The second kappa shape index (κ2) is 16.3. The number of methoxy groups -OCH3 is 3. The van der Waals surface area contributed by atoms with Crippen LogP contribution in [0.15, 0.2) is 65.0 Å². The van der Waals surface area contributed by atoms with Gasteiger partial charge in [0.05, 0.1) is 49.9 Å². The standard InChI is InChI=1S/C31H39N3O10/c1-19-27(30(36)41-4)29(28(20(2)33-19)31(37)42-5)25-16-21(34(38)39)8-13-26(25)43-15-7-6-14-32-17-22(35)18-44-24-11-9-23(40-3)10-12-24/h8-13,16,22,29,32-33,35H,6-7,14-15,17-18H2,1-5H3. The van der Waals surface area contributed by atoms with Gasteiger partial charge in [0.2, 0.25) is 0 Å². The number of allylic oxidation sites excluding steroid dienone is 2. The Morgan fingerprint density at radius 1 is 0.955 bits per heavy atom. The summed E-state index contributed by atoms with van der Waals surface area (Å²) in [6.45, 7) is 4.64. The molecule has 1 atom stereocenters. The molecule has 0 aromatic heterocycles. The number of ether oxygens (including phenoxy) is 5. The molecule has 1 heterocycles. The SMILES string of the molecule is COC(=O)C1=C(C)NC(C)=C(C(=O)OC)C1c1cc([N+](=O)[O-])ccc1OCCCCNCC(O)COc1ccc(OC)cc1. The Balaban J connectivity index is 1.64. The topological polar surface area (TPSA) is 168 Å². The fraction of sp³-hybridized carbons (Fsp3) is 0.419. The lowest BCUT2D eigenvalue weighted by atomic mass is 9.80. The number of dihydropyridines is 1. The highest BCUT2D eigenvalue weighted by atomic mass is 16.6. The van der Waals surface area contributed by atoms with Gasteiger partial charge in [-0.1, -0.05) is 0 Å². The van der Waals surface area contributed by atoms with Crippen molar-refractivity contribution in [2.45, 2.75) is 38.7 Å². The van der Waals surface area contributed by atoms with Crippen LogP contribution in [0.25, 0.3) is 0 Å². The van der Waals surface area contributed by atoms with E-state index in [4.69, 9.17) is 23.7 Å². The second-order valence-corrected chi connectivity index (χ2v) is 10.00. The molecule has 0 saturated carbocycles. The van der Waals surface area contributed by atoms with Crippen LogP contribution >= 0.6 is 0 Å². The highest BCUT2D eigenvalue weighted by molar-refractivity contribution is 6.00. The Labute approximate surface area is 255 Å². The summed E-state index contributed by atoms with van der Waals surface area (Å²) in [5, 5.41) is 28.1. The van der Waals surface area contributed by atoms with E-state index in [0.29, 0.717) is 43.1 Å². The van der Waals surface area contributed by atoms with Crippen molar-refractivity contribution in [1.82, 2.24) is 10.6 Å².